The van der Waals surface area contributed by atoms with Gasteiger partial charge in [-0.2, -0.15) is 0 Å². The van der Waals surface area contributed by atoms with Gasteiger partial charge in [-0.3, -0.25) is 4.79 Å². The average Bonchev–Trinajstić information content (AvgIpc) is 2.70. The van der Waals surface area contributed by atoms with Crippen molar-refractivity contribution in [2.24, 2.45) is 0 Å². The summed E-state index contributed by atoms with van der Waals surface area (Å²) >= 11 is 1.35. The molecule has 0 spiro atoms. The van der Waals surface area contributed by atoms with E-state index in [1.807, 2.05) is 0 Å². The van der Waals surface area contributed by atoms with Crippen LogP contribution in [0.2, 0.25) is 0 Å². The summed E-state index contributed by atoms with van der Waals surface area (Å²) in [7, 11) is -2.99. The van der Waals surface area contributed by atoms with Crippen LogP contribution in [0.3, 0.4) is 0 Å². The van der Waals surface area contributed by atoms with E-state index in [9.17, 15) is 13.2 Å². The number of carbonyl (C=O) groups is 1. The van der Waals surface area contributed by atoms with Gasteiger partial charge in [0.15, 0.2) is 9.84 Å². The molecule has 1 aromatic heterocycles. The van der Waals surface area contributed by atoms with E-state index in [0.29, 0.717) is 30.0 Å². The molecule has 1 aliphatic rings. The lowest BCUT2D eigenvalue weighted by molar-refractivity contribution is -0.116. The summed E-state index contributed by atoms with van der Waals surface area (Å²) < 4.78 is 23.4. The van der Waals surface area contributed by atoms with Crippen molar-refractivity contribution in [3.63, 3.8) is 0 Å². The van der Waals surface area contributed by atoms with Gasteiger partial charge in [0, 0.05) is 11.8 Å². The van der Waals surface area contributed by atoms with Crippen LogP contribution in [0.25, 0.3) is 0 Å². The Bertz CT molecular complexity index is 504. The molecule has 16 heavy (non-hydrogen) atoms. The minimum Gasteiger partial charge on any atom is -0.300 e. The van der Waals surface area contributed by atoms with Crippen molar-refractivity contribution < 1.29 is 13.2 Å². The molecule has 1 aromatic rings. The summed E-state index contributed by atoms with van der Waals surface area (Å²) in [4.78, 5) is 15.2. The summed E-state index contributed by atoms with van der Waals surface area (Å²) in [5.41, 5.74) is 0.689. The fourth-order valence-electron chi connectivity index (χ4n) is 1.88. The zero-order chi connectivity index (χ0) is 11.8. The van der Waals surface area contributed by atoms with Gasteiger partial charge in [-0.05, 0) is 19.8 Å². The van der Waals surface area contributed by atoms with E-state index >= 15 is 0 Å². The van der Waals surface area contributed by atoms with Gasteiger partial charge in [-0.1, -0.05) is 0 Å². The van der Waals surface area contributed by atoms with Crippen LogP contribution in [-0.2, 0) is 21.1 Å². The van der Waals surface area contributed by atoms with Gasteiger partial charge >= 0.3 is 0 Å². The van der Waals surface area contributed by atoms with Crippen LogP contribution in [0, 0.1) is 0 Å². The highest BCUT2D eigenvalue weighted by atomic mass is 32.2. The number of aromatic nitrogens is 1. The number of rotatable bonds is 3. The van der Waals surface area contributed by atoms with Crippen LogP contribution in [0.1, 0.15) is 35.7 Å². The SMILES string of the molecule is CC(=O)Cc1csc(C2CCCS2(=O)=O)n1. The predicted molar refractivity (Wildman–Crippen MR) is 62.3 cm³/mol. The highest BCUT2D eigenvalue weighted by molar-refractivity contribution is 7.92. The van der Waals surface area contributed by atoms with Crippen LogP contribution in [0.4, 0.5) is 0 Å². The van der Waals surface area contributed by atoms with Gasteiger partial charge in [0.05, 0.1) is 11.4 Å². The number of hydrogen-bond donors (Lipinski definition) is 0. The van der Waals surface area contributed by atoms with E-state index in [1.165, 1.54) is 18.3 Å². The normalized spacial score (nSPS) is 23.4. The number of thiazole rings is 1. The van der Waals surface area contributed by atoms with Gasteiger partial charge in [-0.25, -0.2) is 13.4 Å². The third-order valence-corrected chi connectivity index (χ3v) is 5.94. The minimum atomic E-state index is -2.99. The van der Waals surface area contributed by atoms with Crippen molar-refractivity contribution in [1.82, 2.24) is 4.98 Å². The van der Waals surface area contributed by atoms with Crippen LogP contribution < -0.4 is 0 Å². The van der Waals surface area contributed by atoms with Crippen molar-refractivity contribution >= 4 is 27.0 Å². The lowest BCUT2D eigenvalue weighted by Crippen LogP contribution is -2.08. The first-order valence-corrected chi connectivity index (χ1v) is 7.74. The average molecular weight is 259 g/mol. The summed E-state index contributed by atoms with van der Waals surface area (Å²) in [5, 5.41) is 2.00. The minimum absolute atomic E-state index is 0.0473. The van der Waals surface area contributed by atoms with Gasteiger partial charge < -0.3 is 0 Å². The highest BCUT2D eigenvalue weighted by Gasteiger charge is 2.34. The van der Waals surface area contributed by atoms with Crippen LogP contribution in [-0.4, -0.2) is 24.9 Å². The molecule has 0 aromatic carbocycles. The Labute approximate surface area is 98.6 Å². The van der Waals surface area contributed by atoms with Gasteiger partial charge in [0.2, 0.25) is 0 Å². The molecule has 1 atom stereocenters. The largest absolute Gasteiger partial charge is 0.300 e. The topological polar surface area (TPSA) is 64.1 Å². The number of nitrogens with zero attached hydrogens (tertiary/aromatic N) is 1. The first kappa shape index (κ1) is 11.7. The molecule has 2 heterocycles. The number of Topliss-reactive ketones (excluding diaryl/α,β-unsaturated/α-hetero) is 1. The molecule has 1 fully saturated rings. The molecule has 6 heteroatoms. The van der Waals surface area contributed by atoms with Crippen molar-refractivity contribution in [2.75, 3.05) is 5.75 Å². The van der Waals surface area contributed by atoms with Crippen LogP contribution in [0.15, 0.2) is 5.38 Å². The Morgan fingerprint density at radius 3 is 2.94 bits per heavy atom. The molecule has 88 valence electrons. The third kappa shape index (κ3) is 2.32. The number of hydrogen-bond acceptors (Lipinski definition) is 5. The molecule has 0 radical (unpaired) electrons. The van der Waals surface area contributed by atoms with Crippen molar-refractivity contribution in [3.8, 4) is 0 Å². The summed E-state index contributed by atoms with van der Waals surface area (Å²) in [6.45, 7) is 1.51. The van der Waals surface area contributed by atoms with Gasteiger partial charge in [-0.15, -0.1) is 11.3 Å². The molecule has 0 bridgehead atoms. The second kappa shape index (κ2) is 4.25. The molecule has 1 aliphatic heterocycles. The molecule has 0 amide bonds. The van der Waals surface area contributed by atoms with E-state index in [0.717, 1.165) is 0 Å². The van der Waals surface area contributed by atoms with E-state index in [-0.39, 0.29) is 11.5 Å². The number of ketones is 1. The Morgan fingerprint density at radius 1 is 1.62 bits per heavy atom. The molecule has 2 rings (SSSR count). The highest BCUT2D eigenvalue weighted by Crippen LogP contribution is 2.36. The maximum atomic E-state index is 11.7. The molecule has 4 nitrogen and oxygen atoms in total. The predicted octanol–water partition coefficient (Wildman–Crippen LogP) is 1.52. The van der Waals surface area contributed by atoms with E-state index < -0.39 is 15.1 Å². The zero-order valence-corrected chi connectivity index (χ0v) is 10.6. The molecule has 1 unspecified atom stereocenters. The van der Waals surface area contributed by atoms with Crippen LogP contribution >= 0.6 is 11.3 Å². The Balaban J connectivity index is 2.22. The van der Waals surface area contributed by atoms with Crippen molar-refractivity contribution in [2.45, 2.75) is 31.4 Å². The molecule has 0 saturated carbocycles. The van der Waals surface area contributed by atoms with E-state index in [1.54, 1.807) is 5.38 Å². The Hall–Kier alpha value is -0.750. The molecular weight excluding hydrogens is 246 g/mol. The Morgan fingerprint density at radius 2 is 2.38 bits per heavy atom. The van der Waals surface area contributed by atoms with E-state index in [4.69, 9.17) is 0 Å². The summed E-state index contributed by atoms with van der Waals surface area (Å²) in [6.07, 6.45) is 1.67. The molecule has 0 aliphatic carbocycles. The maximum absolute atomic E-state index is 11.7. The fourth-order valence-corrected chi connectivity index (χ4v) is 5.05. The molecule has 1 saturated heterocycles. The summed E-state index contributed by atoms with van der Waals surface area (Å²) in [6, 6.07) is 0. The van der Waals surface area contributed by atoms with Gasteiger partial charge in [0.1, 0.15) is 16.0 Å². The van der Waals surface area contributed by atoms with Crippen molar-refractivity contribution in [1.29, 1.82) is 0 Å². The van der Waals surface area contributed by atoms with Crippen LogP contribution in [0.5, 0.6) is 0 Å². The first-order valence-electron chi connectivity index (χ1n) is 5.14. The molecule has 0 N–H and O–H groups in total. The standard InChI is InChI=1S/C10H13NO3S2/c1-7(12)5-8-6-15-10(11-8)9-3-2-4-16(9,13)14/h6,9H,2-5H2,1H3. The lowest BCUT2D eigenvalue weighted by atomic mass is 10.2. The van der Waals surface area contributed by atoms with Crippen molar-refractivity contribution in [3.05, 3.63) is 16.1 Å². The monoisotopic (exact) mass is 259 g/mol. The quantitative estimate of drug-likeness (QED) is 0.825. The first-order chi connectivity index (χ1) is 7.49. The smallest absolute Gasteiger partial charge is 0.159 e. The second-order valence-corrected chi connectivity index (χ2v) is 7.25. The number of carbonyl (C=O) groups excluding carboxylic acids is 1. The van der Waals surface area contributed by atoms with E-state index in [2.05, 4.69) is 4.98 Å². The second-order valence-electron chi connectivity index (χ2n) is 4.05. The lowest BCUT2D eigenvalue weighted by Gasteiger charge is -2.03. The molecular formula is C10H13NO3S2. The third-order valence-electron chi connectivity index (χ3n) is 2.60. The Kier molecular flexibility index (Phi) is 3.12. The number of sulfone groups is 1. The maximum Gasteiger partial charge on any atom is 0.159 e. The zero-order valence-electron chi connectivity index (χ0n) is 8.97. The van der Waals surface area contributed by atoms with Gasteiger partial charge in [0.25, 0.3) is 0 Å². The summed E-state index contributed by atoms with van der Waals surface area (Å²) in [5.74, 6) is 0.311. The fraction of sp³-hybridized carbons (Fsp3) is 0.600.